The Hall–Kier alpha value is -1.85. The molecule has 0 unspecified atom stereocenters. The second kappa shape index (κ2) is 6.74. The molecule has 0 spiro atoms. The second-order valence-electron chi connectivity index (χ2n) is 5.35. The number of amides is 1. The average molecular weight is 294 g/mol. The van der Waals surface area contributed by atoms with Gasteiger partial charge >= 0.3 is 5.97 Å². The number of hydrogen-bond donors (Lipinski definition) is 0. The van der Waals surface area contributed by atoms with Crippen LogP contribution in [0.5, 0.6) is 0 Å². The lowest BCUT2D eigenvalue weighted by atomic mass is 10.2. The molecule has 0 radical (unpaired) electrons. The van der Waals surface area contributed by atoms with Crippen LogP contribution in [0.3, 0.4) is 0 Å². The molecule has 1 aliphatic rings. The molecular formula is C15H22N2O4. The van der Waals surface area contributed by atoms with Crippen molar-refractivity contribution in [2.45, 2.75) is 59.1 Å². The van der Waals surface area contributed by atoms with E-state index in [0.29, 0.717) is 25.3 Å². The molecule has 1 aromatic rings. The minimum absolute atomic E-state index is 0.0137. The first-order valence-electron chi connectivity index (χ1n) is 7.42. The lowest BCUT2D eigenvalue weighted by Crippen LogP contribution is -2.41. The fourth-order valence-corrected chi connectivity index (χ4v) is 2.50. The molecule has 0 aliphatic carbocycles. The summed E-state index contributed by atoms with van der Waals surface area (Å²) in [6.45, 7) is 6.26. The zero-order valence-corrected chi connectivity index (χ0v) is 12.8. The van der Waals surface area contributed by atoms with E-state index in [0.717, 1.165) is 24.3 Å². The monoisotopic (exact) mass is 294 g/mol. The van der Waals surface area contributed by atoms with Gasteiger partial charge in [-0.25, -0.2) is 9.78 Å². The van der Waals surface area contributed by atoms with E-state index in [2.05, 4.69) is 4.98 Å². The quantitative estimate of drug-likeness (QED) is 0.778. The maximum Gasteiger partial charge on any atom is 0.329 e. The molecule has 2 heterocycles. The van der Waals surface area contributed by atoms with Gasteiger partial charge in [-0.05, 0) is 33.1 Å². The fourth-order valence-electron chi connectivity index (χ4n) is 2.50. The van der Waals surface area contributed by atoms with Crippen LogP contribution in [-0.4, -0.2) is 34.3 Å². The van der Waals surface area contributed by atoms with Gasteiger partial charge in [-0.15, -0.1) is 0 Å². The summed E-state index contributed by atoms with van der Waals surface area (Å²) in [5.74, 6) is 0.773. The molecule has 1 saturated heterocycles. The zero-order chi connectivity index (χ0) is 15.4. The summed E-state index contributed by atoms with van der Waals surface area (Å²) in [5, 5.41) is 0. The number of ether oxygens (including phenoxy) is 1. The van der Waals surface area contributed by atoms with Crippen LogP contribution in [0.15, 0.2) is 4.42 Å². The van der Waals surface area contributed by atoms with Gasteiger partial charge in [0.25, 0.3) is 0 Å². The summed E-state index contributed by atoms with van der Waals surface area (Å²) in [4.78, 5) is 29.9. The molecule has 1 atom stereocenters. The summed E-state index contributed by atoms with van der Waals surface area (Å²) in [7, 11) is 0. The SMILES string of the molecule is CCCC(=O)N1CCC[C@@H]1C(=O)OCc1nc(C)c(C)o1. The summed E-state index contributed by atoms with van der Waals surface area (Å²) < 4.78 is 10.6. The smallest absolute Gasteiger partial charge is 0.329 e. The van der Waals surface area contributed by atoms with E-state index in [-0.39, 0.29) is 18.5 Å². The molecule has 1 fully saturated rings. The Morgan fingerprint density at radius 3 is 2.81 bits per heavy atom. The van der Waals surface area contributed by atoms with Crippen LogP contribution in [-0.2, 0) is 20.9 Å². The minimum Gasteiger partial charge on any atom is -0.454 e. The van der Waals surface area contributed by atoms with Crippen molar-refractivity contribution < 1.29 is 18.7 Å². The predicted octanol–water partition coefficient (Wildman–Crippen LogP) is 2.13. The van der Waals surface area contributed by atoms with Crippen molar-refractivity contribution in [1.82, 2.24) is 9.88 Å². The normalized spacial score (nSPS) is 18.0. The van der Waals surface area contributed by atoms with Crippen molar-refractivity contribution in [3.05, 3.63) is 17.3 Å². The third-order valence-electron chi connectivity index (χ3n) is 3.72. The standard InChI is InChI=1S/C15H22N2O4/c1-4-6-14(18)17-8-5-7-12(17)15(19)20-9-13-16-10(2)11(3)21-13/h12H,4-9H2,1-3H3/t12-/m1/s1. The van der Waals surface area contributed by atoms with Gasteiger partial charge in [0.1, 0.15) is 11.8 Å². The van der Waals surface area contributed by atoms with Gasteiger partial charge < -0.3 is 14.1 Å². The third-order valence-corrected chi connectivity index (χ3v) is 3.72. The Kier molecular flexibility index (Phi) is 4.98. The van der Waals surface area contributed by atoms with Crippen molar-refractivity contribution in [3.8, 4) is 0 Å². The number of carbonyl (C=O) groups is 2. The Morgan fingerprint density at radius 2 is 2.19 bits per heavy atom. The van der Waals surface area contributed by atoms with E-state index in [1.807, 2.05) is 20.8 Å². The predicted molar refractivity (Wildman–Crippen MR) is 75.4 cm³/mol. The van der Waals surface area contributed by atoms with Crippen molar-refractivity contribution >= 4 is 11.9 Å². The Labute approximate surface area is 124 Å². The van der Waals surface area contributed by atoms with E-state index in [4.69, 9.17) is 9.15 Å². The molecule has 1 aromatic heterocycles. The molecule has 1 aliphatic heterocycles. The molecule has 0 aromatic carbocycles. The van der Waals surface area contributed by atoms with E-state index in [1.165, 1.54) is 0 Å². The third kappa shape index (κ3) is 3.62. The zero-order valence-electron chi connectivity index (χ0n) is 12.8. The molecule has 0 N–H and O–H groups in total. The first-order chi connectivity index (χ1) is 10.0. The van der Waals surface area contributed by atoms with Crippen LogP contribution >= 0.6 is 0 Å². The van der Waals surface area contributed by atoms with Gasteiger partial charge in [0.2, 0.25) is 11.8 Å². The number of aryl methyl sites for hydroxylation is 2. The van der Waals surface area contributed by atoms with Crippen LogP contribution in [0, 0.1) is 13.8 Å². The number of likely N-dealkylation sites (tertiary alicyclic amines) is 1. The summed E-state index contributed by atoms with van der Waals surface area (Å²) in [6, 6.07) is -0.457. The number of aromatic nitrogens is 1. The Morgan fingerprint density at radius 1 is 1.43 bits per heavy atom. The van der Waals surface area contributed by atoms with E-state index >= 15 is 0 Å². The highest BCUT2D eigenvalue weighted by Gasteiger charge is 2.34. The van der Waals surface area contributed by atoms with E-state index < -0.39 is 6.04 Å². The van der Waals surface area contributed by atoms with Gasteiger partial charge in [0.05, 0.1) is 5.69 Å². The second-order valence-corrected chi connectivity index (χ2v) is 5.35. The van der Waals surface area contributed by atoms with Gasteiger partial charge in [-0.3, -0.25) is 4.79 Å². The maximum atomic E-state index is 12.1. The highest BCUT2D eigenvalue weighted by atomic mass is 16.5. The largest absolute Gasteiger partial charge is 0.454 e. The highest BCUT2D eigenvalue weighted by molar-refractivity contribution is 5.85. The lowest BCUT2D eigenvalue weighted by molar-refractivity contribution is -0.155. The van der Waals surface area contributed by atoms with Crippen molar-refractivity contribution in [2.24, 2.45) is 0 Å². The summed E-state index contributed by atoms with van der Waals surface area (Å²) in [5.41, 5.74) is 0.793. The highest BCUT2D eigenvalue weighted by Crippen LogP contribution is 2.20. The van der Waals surface area contributed by atoms with Gasteiger partial charge in [0, 0.05) is 13.0 Å². The van der Waals surface area contributed by atoms with Gasteiger partial charge in [-0.2, -0.15) is 0 Å². The van der Waals surface area contributed by atoms with Crippen LogP contribution in [0.25, 0.3) is 0 Å². The summed E-state index contributed by atoms with van der Waals surface area (Å²) in [6.07, 6.45) is 2.76. The summed E-state index contributed by atoms with van der Waals surface area (Å²) >= 11 is 0. The molecule has 6 heteroatoms. The van der Waals surface area contributed by atoms with Crippen molar-refractivity contribution in [2.75, 3.05) is 6.54 Å². The number of nitrogens with zero attached hydrogens (tertiary/aromatic N) is 2. The van der Waals surface area contributed by atoms with Crippen LogP contribution < -0.4 is 0 Å². The molecule has 0 bridgehead atoms. The van der Waals surface area contributed by atoms with E-state index in [1.54, 1.807) is 4.90 Å². The number of carbonyl (C=O) groups excluding carboxylic acids is 2. The number of hydrogen-bond acceptors (Lipinski definition) is 5. The molecule has 6 nitrogen and oxygen atoms in total. The lowest BCUT2D eigenvalue weighted by Gasteiger charge is -2.22. The Balaban J connectivity index is 1.91. The molecule has 116 valence electrons. The molecule has 2 rings (SSSR count). The molecular weight excluding hydrogens is 272 g/mol. The number of esters is 1. The first kappa shape index (κ1) is 15.5. The number of rotatable bonds is 5. The number of oxazole rings is 1. The van der Waals surface area contributed by atoms with E-state index in [9.17, 15) is 9.59 Å². The average Bonchev–Trinajstić information content (AvgIpc) is 3.04. The van der Waals surface area contributed by atoms with Crippen LogP contribution in [0.2, 0.25) is 0 Å². The first-order valence-corrected chi connectivity index (χ1v) is 7.42. The Bertz CT molecular complexity index is 504. The molecule has 0 saturated carbocycles. The fraction of sp³-hybridized carbons (Fsp3) is 0.667. The van der Waals surface area contributed by atoms with Crippen LogP contribution in [0.1, 0.15) is 50.0 Å². The van der Waals surface area contributed by atoms with Crippen LogP contribution in [0.4, 0.5) is 0 Å². The maximum absolute atomic E-state index is 12.1. The molecule has 21 heavy (non-hydrogen) atoms. The van der Waals surface area contributed by atoms with Crippen molar-refractivity contribution in [1.29, 1.82) is 0 Å². The molecule has 1 amide bonds. The minimum atomic E-state index is -0.457. The van der Waals surface area contributed by atoms with Crippen molar-refractivity contribution in [3.63, 3.8) is 0 Å². The topological polar surface area (TPSA) is 72.6 Å². The van der Waals surface area contributed by atoms with Gasteiger partial charge in [0.15, 0.2) is 6.61 Å². The van der Waals surface area contributed by atoms with Gasteiger partial charge in [-0.1, -0.05) is 6.92 Å².